The van der Waals surface area contributed by atoms with Crippen LogP contribution in [0, 0.1) is 5.92 Å². The first-order valence-electron chi connectivity index (χ1n) is 8.25. The van der Waals surface area contributed by atoms with Crippen molar-refractivity contribution < 1.29 is 9.53 Å². The van der Waals surface area contributed by atoms with Crippen LogP contribution >= 0.6 is 0 Å². The highest BCUT2D eigenvalue weighted by Crippen LogP contribution is 2.27. The molecular weight excluding hydrogens is 278 g/mol. The van der Waals surface area contributed by atoms with E-state index >= 15 is 0 Å². The molecule has 0 aliphatic heterocycles. The number of hydrogen-bond acceptors (Lipinski definition) is 4. The lowest BCUT2D eigenvalue weighted by Crippen LogP contribution is -2.40. The number of nitrogens with zero attached hydrogens (tertiary/aromatic N) is 3. The van der Waals surface area contributed by atoms with E-state index in [1.54, 1.807) is 30.5 Å². The molecule has 1 aliphatic rings. The van der Waals surface area contributed by atoms with E-state index < -0.39 is 0 Å². The van der Waals surface area contributed by atoms with Gasteiger partial charge in [0.1, 0.15) is 6.10 Å². The maximum Gasteiger partial charge on any atom is 0.251 e. The molecule has 1 aromatic rings. The lowest BCUT2D eigenvalue weighted by molar-refractivity contribution is -0.149. The normalized spacial score (nSPS) is 23.0. The Morgan fingerprint density at radius 1 is 1.45 bits per heavy atom. The molecule has 5 heteroatoms. The minimum absolute atomic E-state index is 0.0337. The van der Waals surface area contributed by atoms with Crippen molar-refractivity contribution in [1.82, 2.24) is 14.9 Å². The minimum atomic E-state index is -0.350. The third-order valence-electron chi connectivity index (χ3n) is 4.28. The zero-order valence-electron chi connectivity index (χ0n) is 13.9. The first kappa shape index (κ1) is 16.9. The van der Waals surface area contributed by atoms with Crippen molar-refractivity contribution in [3.8, 4) is 0 Å². The molecule has 0 N–H and O–H groups in total. The number of ether oxygens (including phenoxy) is 1. The molecule has 1 aliphatic carbocycles. The van der Waals surface area contributed by atoms with Gasteiger partial charge in [-0.05, 0) is 25.2 Å². The molecule has 1 fully saturated rings. The van der Waals surface area contributed by atoms with Gasteiger partial charge in [-0.2, -0.15) is 0 Å². The van der Waals surface area contributed by atoms with E-state index in [0.717, 1.165) is 18.5 Å². The summed E-state index contributed by atoms with van der Waals surface area (Å²) in [6.07, 6.45) is 10.2. The highest BCUT2D eigenvalue weighted by atomic mass is 16.5. The smallest absolute Gasteiger partial charge is 0.251 e. The van der Waals surface area contributed by atoms with E-state index in [2.05, 4.69) is 16.9 Å². The number of aromatic nitrogens is 2. The summed E-state index contributed by atoms with van der Waals surface area (Å²) in [5, 5.41) is 0. The molecular formula is C17H27N3O2. The summed E-state index contributed by atoms with van der Waals surface area (Å²) in [6, 6.07) is 0. The van der Waals surface area contributed by atoms with Crippen molar-refractivity contribution >= 4 is 5.91 Å². The van der Waals surface area contributed by atoms with Crippen molar-refractivity contribution in [1.29, 1.82) is 0 Å². The maximum absolute atomic E-state index is 12.6. The van der Waals surface area contributed by atoms with Crippen LogP contribution in [0.1, 0.15) is 51.6 Å². The second-order valence-electron chi connectivity index (χ2n) is 6.32. The topological polar surface area (TPSA) is 55.3 Å². The number of amides is 1. The lowest BCUT2D eigenvalue weighted by Gasteiger charge is -2.31. The summed E-state index contributed by atoms with van der Waals surface area (Å²) in [5.41, 5.74) is 0.791. The molecule has 2 rings (SSSR count). The number of likely N-dealkylation sites (N-methyl/N-ethyl adjacent to an activating group) is 1. The van der Waals surface area contributed by atoms with E-state index in [-0.39, 0.29) is 18.1 Å². The standard InChI is InChI=1S/C17H27N3O2/c1-4-16(22-15-7-5-6-13(2)10-15)17(21)20(3)12-14-11-18-8-9-19-14/h8-9,11,13,15-16H,4-7,10,12H2,1-3H3/t13-,15+,16-/m0/s1. The Balaban J connectivity index is 1.90. The third kappa shape index (κ3) is 4.77. The van der Waals surface area contributed by atoms with Crippen LogP contribution in [0.4, 0.5) is 0 Å². The molecule has 5 nitrogen and oxygen atoms in total. The molecule has 0 saturated heterocycles. The molecule has 122 valence electrons. The molecule has 0 radical (unpaired) electrons. The first-order chi connectivity index (χ1) is 10.6. The first-order valence-corrected chi connectivity index (χ1v) is 8.25. The quantitative estimate of drug-likeness (QED) is 0.811. The van der Waals surface area contributed by atoms with Gasteiger partial charge in [0, 0.05) is 19.4 Å². The Hall–Kier alpha value is -1.49. The Kier molecular flexibility index (Phi) is 6.31. The molecule has 1 heterocycles. The summed E-state index contributed by atoms with van der Waals surface area (Å²) in [5.74, 6) is 0.732. The molecule has 1 amide bonds. The van der Waals surface area contributed by atoms with E-state index in [9.17, 15) is 4.79 Å². The van der Waals surface area contributed by atoms with Crippen molar-refractivity contribution in [2.45, 2.75) is 64.7 Å². The fourth-order valence-corrected chi connectivity index (χ4v) is 3.04. The second-order valence-corrected chi connectivity index (χ2v) is 6.32. The lowest BCUT2D eigenvalue weighted by atomic mass is 9.88. The monoisotopic (exact) mass is 305 g/mol. The van der Waals surface area contributed by atoms with Crippen LogP contribution in [0.5, 0.6) is 0 Å². The van der Waals surface area contributed by atoms with Crippen LogP contribution < -0.4 is 0 Å². The highest BCUT2D eigenvalue weighted by molar-refractivity contribution is 5.80. The van der Waals surface area contributed by atoms with Crippen LogP contribution in [0.2, 0.25) is 0 Å². The van der Waals surface area contributed by atoms with E-state index in [4.69, 9.17) is 4.74 Å². The number of hydrogen-bond donors (Lipinski definition) is 0. The maximum atomic E-state index is 12.6. The van der Waals surface area contributed by atoms with Crippen molar-refractivity contribution in [3.63, 3.8) is 0 Å². The van der Waals surface area contributed by atoms with Gasteiger partial charge in [-0.1, -0.05) is 26.7 Å². The van der Waals surface area contributed by atoms with Gasteiger partial charge in [0.15, 0.2) is 0 Å². The van der Waals surface area contributed by atoms with Gasteiger partial charge in [-0.15, -0.1) is 0 Å². The van der Waals surface area contributed by atoms with Gasteiger partial charge in [0.25, 0.3) is 5.91 Å². The van der Waals surface area contributed by atoms with Crippen molar-refractivity contribution in [2.24, 2.45) is 5.92 Å². The summed E-state index contributed by atoms with van der Waals surface area (Å²) in [6.45, 7) is 4.73. The minimum Gasteiger partial charge on any atom is -0.365 e. The zero-order valence-corrected chi connectivity index (χ0v) is 13.9. The highest BCUT2D eigenvalue weighted by Gasteiger charge is 2.27. The van der Waals surface area contributed by atoms with Crippen LogP contribution in [-0.2, 0) is 16.1 Å². The molecule has 3 atom stereocenters. The van der Waals surface area contributed by atoms with Crippen LogP contribution in [0.25, 0.3) is 0 Å². The van der Waals surface area contributed by atoms with Crippen molar-refractivity contribution in [3.05, 3.63) is 24.3 Å². The Bertz CT molecular complexity index is 466. The van der Waals surface area contributed by atoms with Crippen LogP contribution in [0.15, 0.2) is 18.6 Å². The van der Waals surface area contributed by atoms with E-state index in [1.165, 1.54) is 12.8 Å². The fraction of sp³-hybridized carbons (Fsp3) is 0.706. The summed E-state index contributed by atoms with van der Waals surface area (Å²) in [7, 11) is 1.80. The largest absolute Gasteiger partial charge is 0.365 e. The van der Waals surface area contributed by atoms with Gasteiger partial charge >= 0.3 is 0 Å². The summed E-state index contributed by atoms with van der Waals surface area (Å²) < 4.78 is 6.10. The van der Waals surface area contributed by atoms with E-state index in [0.29, 0.717) is 18.9 Å². The average molecular weight is 305 g/mol. The molecule has 22 heavy (non-hydrogen) atoms. The second kappa shape index (κ2) is 8.22. The molecule has 0 bridgehead atoms. The fourth-order valence-electron chi connectivity index (χ4n) is 3.04. The van der Waals surface area contributed by atoms with Crippen LogP contribution in [-0.4, -0.2) is 40.0 Å². The summed E-state index contributed by atoms with van der Waals surface area (Å²) in [4.78, 5) is 22.5. The van der Waals surface area contributed by atoms with Gasteiger partial charge in [0.2, 0.25) is 0 Å². The number of carbonyl (C=O) groups is 1. The van der Waals surface area contributed by atoms with Gasteiger partial charge < -0.3 is 9.64 Å². The zero-order chi connectivity index (χ0) is 15.9. The molecule has 0 aromatic carbocycles. The van der Waals surface area contributed by atoms with Crippen molar-refractivity contribution in [2.75, 3.05) is 7.05 Å². The number of rotatable bonds is 6. The van der Waals surface area contributed by atoms with Gasteiger partial charge in [0.05, 0.1) is 24.5 Å². The predicted molar refractivity (Wildman–Crippen MR) is 85.1 cm³/mol. The summed E-state index contributed by atoms with van der Waals surface area (Å²) >= 11 is 0. The molecule has 0 unspecified atom stereocenters. The Morgan fingerprint density at radius 2 is 2.27 bits per heavy atom. The SMILES string of the molecule is CC[C@H](O[C@@H]1CCC[C@H](C)C1)C(=O)N(C)Cc1cnccn1. The number of carbonyl (C=O) groups excluding carboxylic acids is 1. The van der Waals surface area contributed by atoms with Crippen LogP contribution in [0.3, 0.4) is 0 Å². The molecule has 1 aromatic heterocycles. The molecule has 1 saturated carbocycles. The Labute approximate surface area is 133 Å². The average Bonchev–Trinajstić information content (AvgIpc) is 2.53. The van der Waals surface area contributed by atoms with Gasteiger partial charge in [-0.3, -0.25) is 14.8 Å². The predicted octanol–water partition coefficient (Wildman–Crippen LogP) is 2.81. The van der Waals surface area contributed by atoms with E-state index in [1.807, 2.05) is 6.92 Å². The third-order valence-corrected chi connectivity index (χ3v) is 4.28. The molecule has 0 spiro atoms. The van der Waals surface area contributed by atoms with Gasteiger partial charge in [-0.25, -0.2) is 0 Å². The Morgan fingerprint density at radius 3 is 2.91 bits per heavy atom.